The summed E-state index contributed by atoms with van der Waals surface area (Å²) in [6, 6.07) is 3.79. The van der Waals surface area contributed by atoms with E-state index in [-0.39, 0.29) is 24.9 Å². The fourth-order valence-electron chi connectivity index (χ4n) is 1.50. The highest BCUT2D eigenvalue weighted by Gasteiger charge is 2.09. The lowest BCUT2D eigenvalue weighted by atomic mass is 10.1. The molecule has 0 aliphatic rings. The van der Waals surface area contributed by atoms with Gasteiger partial charge >= 0.3 is 0 Å². The maximum Gasteiger partial charge on any atom is 0.137 e. The van der Waals surface area contributed by atoms with E-state index < -0.39 is 6.10 Å². The Balaban J connectivity index is 2.34. The van der Waals surface area contributed by atoms with Gasteiger partial charge in [0, 0.05) is 12.1 Å². The molecule has 21 heavy (non-hydrogen) atoms. The molecule has 0 aromatic carbocycles. The van der Waals surface area contributed by atoms with Gasteiger partial charge in [-0.2, -0.15) is 0 Å². The molecule has 5 nitrogen and oxygen atoms in total. The number of aromatic nitrogens is 1. The van der Waals surface area contributed by atoms with Gasteiger partial charge in [-0.05, 0) is 46.8 Å². The van der Waals surface area contributed by atoms with E-state index >= 15 is 0 Å². The number of hydrogen-bond acceptors (Lipinski definition) is 5. The van der Waals surface area contributed by atoms with Crippen LogP contribution in [0.4, 0.5) is 0 Å². The molecule has 0 saturated carbocycles. The molecular weight excluding hydrogens is 268 g/mol. The molecule has 0 spiro atoms. The van der Waals surface area contributed by atoms with Crippen molar-refractivity contribution in [3.63, 3.8) is 0 Å². The number of rotatable bonds is 8. The Hall–Kier alpha value is -1.17. The second-order valence-corrected chi connectivity index (χ2v) is 6.44. The largest absolute Gasteiger partial charge is 0.489 e. The molecule has 1 heterocycles. The minimum absolute atomic E-state index is 0.0668. The first-order valence-electron chi connectivity index (χ1n) is 7.38. The Morgan fingerprint density at radius 1 is 1.24 bits per heavy atom. The molecule has 0 radical (unpaired) electrons. The lowest BCUT2D eigenvalue weighted by Gasteiger charge is -2.20. The molecule has 120 valence electrons. The summed E-state index contributed by atoms with van der Waals surface area (Å²) in [6.07, 6.45) is 1.15. The first kappa shape index (κ1) is 17.9. The first-order valence-corrected chi connectivity index (χ1v) is 7.38. The van der Waals surface area contributed by atoms with Crippen molar-refractivity contribution in [2.24, 2.45) is 0 Å². The van der Waals surface area contributed by atoms with E-state index in [9.17, 15) is 5.11 Å². The normalized spacial score (nSPS) is 13.5. The summed E-state index contributed by atoms with van der Waals surface area (Å²) >= 11 is 0. The van der Waals surface area contributed by atoms with E-state index in [0.29, 0.717) is 12.3 Å². The molecule has 0 aliphatic carbocycles. The molecule has 0 amide bonds. The minimum Gasteiger partial charge on any atom is -0.489 e. The van der Waals surface area contributed by atoms with Crippen LogP contribution in [0.5, 0.6) is 5.75 Å². The van der Waals surface area contributed by atoms with E-state index in [0.717, 1.165) is 5.69 Å². The molecule has 5 heteroatoms. The predicted octanol–water partition coefficient (Wildman–Crippen LogP) is 2.13. The average molecular weight is 296 g/mol. The number of hydrogen-bond donors (Lipinski definition) is 2. The van der Waals surface area contributed by atoms with Crippen molar-refractivity contribution >= 4 is 0 Å². The van der Waals surface area contributed by atoms with Gasteiger partial charge in [0.05, 0.1) is 24.6 Å². The Kier molecular flexibility index (Phi) is 7.08. The van der Waals surface area contributed by atoms with Gasteiger partial charge in [0.1, 0.15) is 18.5 Å². The van der Waals surface area contributed by atoms with Crippen LogP contribution in [0.15, 0.2) is 18.3 Å². The Bertz CT molecular complexity index is 399. The van der Waals surface area contributed by atoms with Crippen molar-refractivity contribution in [1.29, 1.82) is 0 Å². The van der Waals surface area contributed by atoms with Crippen molar-refractivity contribution in [3.8, 4) is 5.75 Å². The number of nitrogens with zero attached hydrogens (tertiary/aromatic N) is 1. The molecule has 0 bridgehead atoms. The van der Waals surface area contributed by atoms with Crippen LogP contribution in [0.2, 0.25) is 0 Å². The van der Waals surface area contributed by atoms with Crippen molar-refractivity contribution in [2.45, 2.75) is 58.9 Å². The van der Waals surface area contributed by atoms with Gasteiger partial charge in [0.25, 0.3) is 0 Å². The van der Waals surface area contributed by atoms with E-state index in [2.05, 4.69) is 31.1 Å². The van der Waals surface area contributed by atoms with E-state index in [1.54, 1.807) is 6.20 Å². The second-order valence-electron chi connectivity index (χ2n) is 6.44. The highest BCUT2D eigenvalue weighted by molar-refractivity contribution is 5.19. The van der Waals surface area contributed by atoms with Gasteiger partial charge in [-0.15, -0.1) is 0 Å². The number of pyridine rings is 1. The van der Waals surface area contributed by atoms with Crippen molar-refractivity contribution in [3.05, 3.63) is 24.0 Å². The lowest BCUT2D eigenvalue weighted by Crippen LogP contribution is -2.35. The Morgan fingerprint density at radius 3 is 2.48 bits per heavy atom. The fraction of sp³-hybridized carbons (Fsp3) is 0.688. The maximum atomic E-state index is 9.71. The molecule has 2 N–H and O–H groups in total. The average Bonchev–Trinajstić information content (AvgIpc) is 2.41. The molecular formula is C16H28N2O3. The SMILES string of the molecule is CC(C)OCC(O)COc1ccc(CNC(C)(C)C)nc1. The first-order chi connectivity index (χ1) is 9.76. The van der Waals surface area contributed by atoms with Crippen molar-refractivity contribution in [1.82, 2.24) is 10.3 Å². The second kappa shape index (κ2) is 8.32. The maximum absolute atomic E-state index is 9.71. The highest BCUT2D eigenvalue weighted by Crippen LogP contribution is 2.10. The van der Waals surface area contributed by atoms with Crippen LogP contribution in [-0.2, 0) is 11.3 Å². The van der Waals surface area contributed by atoms with Crippen LogP contribution in [0.1, 0.15) is 40.3 Å². The van der Waals surface area contributed by atoms with Gasteiger partial charge < -0.3 is 19.9 Å². The number of aliphatic hydroxyl groups excluding tert-OH is 1. The minimum atomic E-state index is -0.630. The van der Waals surface area contributed by atoms with Gasteiger partial charge in [0.15, 0.2) is 0 Å². The number of aliphatic hydroxyl groups is 1. The third kappa shape index (κ3) is 8.65. The molecule has 0 saturated heterocycles. The number of ether oxygens (including phenoxy) is 2. The van der Waals surface area contributed by atoms with Crippen molar-refractivity contribution < 1.29 is 14.6 Å². The molecule has 1 rings (SSSR count). The molecule has 0 aliphatic heterocycles. The van der Waals surface area contributed by atoms with Gasteiger partial charge in [-0.3, -0.25) is 4.98 Å². The van der Waals surface area contributed by atoms with Crippen LogP contribution in [0, 0.1) is 0 Å². The number of nitrogens with one attached hydrogen (secondary N) is 1. The van der Waals surface area contributed by atoms with Gasteiger partial charge in [-0.25, -0.2) is 0 Å². The summed E-state index contributed by atoms with van der Waals surface area (Å²) in [5.74, 6) is 0.651. The van der Waals surface area contributed by atoms with E-state index in [4.69, 9.17) is 9.47 Å². The summed E-state index contributed by atoms with van der Waals surface area (Å²) in [5.41, 5.74) is 1.03. The Labute approximate surface area is 127 Å². The van der Waals surface area contributed by atoms with Crippen LogP contribution in [-0.4, -0.2) is 41.1 Å². The summed E-state index contributed by atoms with van der Waals surface area (Å²) in [6.45, 7) is 11.4. The van der Waals surface area contributed by atoms with Crippen LogP contribution in [0.25, 0.3) is 0 Å². The zero-order valence-electron chi connectivity index (χ0n) is 13.7. The topological polar surface area (TPSA) is 63.6 Å². The van der Waals surface area contributed by atoms with Gasteiger partial charge in [0.2, 0.25) is 0 Å². The third-order valence-corrected chi connectivity index (χ3v) is 2.66. The Morgan fingerprint density at radius 2 is 1.95 bits per heavy atom. The fourth-order valence-corrected chi connectivity index (χ4v) is 1.50. The van der Waals surface area contributed by atoms with E-state index in [1.807, 2.05) is 26.0 Å². The summed E-state index contributed by atoms with van der Waals surface area (Å²) in [4.78, 5) is 4.33. The molecule has 0 fully saturated rings. The summed E-state index contributed by atoms with van der Waals surface area (Å²) in [5, 5.41) is 13.1. The van der Waals surface area contributed by atoms with Crippen molar-refractivity contribution in [2.75, 3.05) is 13.2 Å². The molecule has 1 aromatic heterocycles. The van der Waals surface area contributed by atoms with Crippen LogP contribution in [0.3, 0.4) is 0 Å². The molecule has 1 atom stereocenters. The smallest absolute Gasteiger partial charge is 0.137 e. The predicted molar refractivity (Wildman–Crippen MR) is 83.4 cm³/mol. The standard InChI is InChI=1S/C16H28N2O3/c1-12(2)20-10-14(19)11-21-15-7-6-13(17-9-15)8-18-16(3,4)5/h6-7,9,12,14,18-19H,8,10-11H2,1-5H3. The van der Waals surface area contributed by atoms with Crippen LogP contribution >= 0.6 is 0 Å². The third-order valence-electron chi connectivity index (χ3n) is 2.66. The monoisotopic (exact) mass is 296 g/mol. The summed E-state index contributed by atoms with van der Waals surface area (Å²) in [7, 11) is 0. The highest BCUT2D eigenvalue weighted by atomic mass is 16.5. The van der Waals surface area contributed by atoms with Crippen LogP contribution < -0.4 is 10.1 Å². The van der Waals surface area contributed by atoms with E-state index in [1.165, 1.54) is 0 Å². The summed E-state index contributed by atoms with van der Waals surface area (Å²) < 4.78 is 10.8. The van der Waals surface area contributed by atoms with Gasteiger partial charge in [-0.1, -0.05) is 0 Å². The zero-order chi connectivity index (χ0) is 15.9. The zero-order valence-corrected chi connectivity index (χ0v) is 13.7. The lowest BCUT2D eigenvalue weighted by molar-refractivity contribution is -0.0123. The molecule has 1 unspecified atom stereocenters. The quantitative estimate of drug-likeness (QED) is 0.769. The molecule has 1 aromatic rings.